The number of benzene rings is 2. The first-order valence-corrected chi connectivity index (χ1v) is 10.9. The Morgan fingerprint density at radius 3 is 2.37 bits per heavy atom. The van der Waals surface area contributed by atoms with Gasteiger partial charge in [0.2, 0.25) is 15.9 Å². The molecule has 0 saturated heterocycles. The number of carbonyl (C=O) groups excluding carboxylic acids is 1. The lowest BCUT2D eigenvalue weighted by Crippen LogP contribution is -2.36. The zero-order valence-electron chi connectivity index (χ0n) is 16.1. The van der Waals surface area contributed by atoms with Crippen LogP contribution in [0.3, 0.4) is 0 Å². The number of alkyl halides is 3. The lowest BCUT2D eigenvalue weighted by atomic mass is 10.00. The summed E-state index contributed by atoms with van der Waals surface area (Å²) in [5.41, 5.74) is -0.0220. The molecule has 2 aromatic rings. The van der Waals surface area contributed by atoms with Crippen LogP contribution in [0.2, 0.25) is 0 Å². The van der Waals surface area contributed by atoms with Crippen molar-refractivity contribution in [3.8, 4) is 0 Å². The van der Waals surface area contributed by atoms with Gasteiger partial charge in [-0.1, -0.05) is 19.1 Å². The van der Waals surface area contributed by atoms with Gasteiger partial charge < -0.3 is 4.90 Å². The fourth-order valence-corrected chi connectivity index (χ4v) is 4.57. The molecule has 10 heteroatoms. The van der Waals surface area contributed by atoms with Crippen LogP contribution in [0.1, 0.15) is 36.5 Å². The minimum atomic E-state index is -4.51. The molecule has 0 aromatic heterocycles. The van der Waals surface area contributed by atoms with Gasteiger partial charge in [-0.3, -0.25) is 9.52 Å². The van der Waals surface area contributed by atoms with E-state index in [4.69, 9.17) is 0 Å². The van der Waals surface area contributed by atoms with Crippen molar-refractivity contribution in [1.29, 1.82) is 0 Å². The number of sulfonamides is 1. The number of amides is 1. The fraction of sp³-hybridized carbons (Fsp3) is 0.350. The first kappa shape index (κ1) is 22.1. The molecule has 0 aliphatic carbocycles. The first-order valence-electron chi connectivity index (χ1n) is 9.29. The van der Waals surface area contributed by atoms with E-state index in [1.165, 1.54) is 11.0 Å². The summed E-state index contributed by atoms with van der Waals surface area (Å²) in [6, 6.07) is 6.28. The van der Waals surface area contributed by atoms with Crippen molar-refractivity contribution in [2.75, 3.05) is 16.2 Å². The molecule has 30 heavy (non-hydrogen) atoms. The normalized spacial score (nSPS) is 14.6. The third-order valence-electron chi connectivity index (χ3n) is 4.68. The number of fused-ring (bicyclic) bond motifs is 1. The Morgan fingerprint density at radius 2 is 1.77 bits per heavy atom. The molecule has 1 N–H and O–H groups in total. The lowest BCUT2D eigenvalue weighted by molar-refractivity contribution is -0.137. The molecule has 0 radical (unpaired) electrons. The Balaban J connectivity index is 1.80. The minimum Gasteiger partial charge on any atom is -0.309 e. The number of rotatable bonds is 6. The maximum absolute atomic E-state index is 14.7. The topological polar surface area (TPSA) is 66.5 Å². The van der Waals surface area contributed by atoms with E-state index >= 15 is 0 Å². The molecular weight excluding hydrogens is 424 g/mol. The average Bonchev–Trinajstić information content (AvgIpc) is 2.63. The molecule has 0 fully saturated rings. The van der Waals surface area contributed by atoms with Gasteiger partial charge in [0.15, 0.2) is 0 Å². The van der Waals surface area contributed by atoms with Crippen LogP contribution in [-0.4, -0.2) is 20.9 Å². The molecule has 2 aromatic carbocycles. The van der Waals surface area contributed by atoms with Crippen LogP contribution in [0.5, 0.6) is 0 Å². The van der Waals surface area contributed by atoms with Gasteiger partial charge in [0.1, 0.15) is 5.82 Å². The zero-order valence-corrected chi connectivity index (χ0v) is 16.9. The lowest BCUT2D eigenvalue weighted by Gasteiger charge is -2.30. The molecule has 1 heterocycles. The van der Waals surface area contributed by atoms with Crippen LogP contribution >= 0.6 is 0 Å². The molecule has 162 valence electrons. The molecule has 5 nitrogen and oxygen atoms in total. The number of aryl methyl sites for hydroxylation is 1. The van der Waals surface area contributed by atoms with Gasteiger partial charge in [-0.15, -0.1) is 0 Å². The Hall–Kier alpha value is -2.62. The van der Waals surface area contributed by atoms with Crippen molar-refractivity contribution in [2.24, 2.45) is 0 Å². The van der Waals surface area contributed by atoms with E-state index in [1.54, 1.807) is 0 Å². The van der Waals surface area contributed by atoms with Crippen LogP contribution in [0.25, 0.3) is 0 Å². The van der Waals surface area contributed by atoms with Crippen LogP contribution in [0, 0.1) is 5.82 Å². The molecule has 3 rings (SSSR count). The van der Waals surface area contributed by atoms with Gasteiger partial charge in [-0.05, 0) is 42.2 Å². The molecule has 1 aliphatic rings. The smallest absolute Gasteiger partial charge is 0.309 e. The number of halogens is 4. The molecule has 1 amide bonds. The van der Waals surface area contributed by atoms with Gasteiger partial charge in [0.05, 0.1) is 22.7 Å². The zero-order chi connectivity index (χ0) is 22.1. The van der Waals surface area contributed by atoms with E-state index in [9.17, 15) is 30.8 Å². The summed E-state index contributed by atoms with van der Waals surface area (Å²) in [6.07, 6.45) is -3.37. The number of hydrogen-bond donors (Lipinski definition) is 1. The largest absolute Gasteiger partial charge is 0.416 e. The van der Waals surface area contributed by atoms with Crippen molar-refractivity contribution in [1.82, 2.24) is 0 Å². The van der Waals surface area contributed by atoms with Crippen LogP contribution in [0.4, 0.5) is 28.9 Å². The Bertz CT molecular complexity index is 1050. The van der Waals surface area contributed by atoms with E-state index in [2.05, 4.69) is 4.72 Å². The summed E-state index contributed by atoms with van der Waals surface area (Å²) in [5, 5.41) is 0. The summed E-state index contributed by atoms with van der Waals surface area (Å²) in [5.74, 6) is -1.45. The third kappa shape index (κ3) is 4.92. The maximum atomic E-state index is 14.7. The molecule has 1 aliphatic heterocycles. The molecule has 0 atom stereocenters. The summed E-state index contributed by atoms with van der Waals surface area (Å²) in [4.78, 5) is 13.4. The number of carbonyl (C=O) groups is 1. The average molecular weight is 444 g/mol. The van der Waals surface area contributed by atoms with Crippen molar-refractivity contribution in [3.05, 3.63) is 58.9 Å². The number of hydrogen-bond acceptors (Lipinski definition) is 3. The van der Waals surface area contributed by atoms with E-state index in [-0.39, 0.29) is 29.3 Å². The Morgan fingerprint density at radius 1 is 1.10 bits per heavy atom. The van der Waals surface area contributed by atoms with E-state index < -0.39 is 33.3 Å². The number of anilines is 2. The van der Waals surface area contributed by atoms with Gasteiger partial charge in [0, 0.05) is 19.0 Å². The van der Waals surface area contributed by atoms with Gasteiger partial charge >= 0.3 is 6.18 Å². The molecule has 0 spiro atoms. The van der Waals surface area contributed by atoms with Gasteiger partial charge in [-0.25, -0.2) is 12.8 Å². The van der Waals surface area contributed by atoms with E-state index in [0.717, 1.165) is 30.3 Å². The van der Waals surface area contributed by atoms with Crippen molar-refractivity contribution >= 4 is 27.3 Å². The monoisotopic (exact) mass is 444 g/mol. The molecule has 0 saturated carbocycles. The SMILES string of the molecule is CCCN1C(=O)CCc2cc(NS(=O)(=O)Cc3ccc(C(F)(F)F)cc3)cc(F)c21. The summed E-state index contributed by atoms with van der Waals surface area (Å²) >= 11 is 0. The summed E-state index contributed by atoms with van der Waals surface area (Å²) < 4.78 is 79.7. The predicted octanol–water partition coefficient (Wildman–Crippen LogP) is 4.48. The summed E-state index contributed by atoms with van der Waals surface area (Å²) in [7, 11) is -3.99. The first-order chi connectivity index (χ1) is 14.0. The van der Waals surface area contributed by atoms with Gasteiger partial charge in [-0.2, -0.15) is 13.2 Å². The third-order valence-corrected chi connectivity index (χ3v) is 5.94. The second-order valence-corrected chi connectivity index (χ2v) is 8.79. The quantitative estimate of drug-likeness (QED) is 0.669. The Labute approximate surface area is 171 Å². The van der Waals surface area contributed by atoms with Crippen molar-refractivity contribution in [3.63, 3.8) is 0 Å². The second kappa shape index (κ2) is 8.25. The van der Waals surface area contributed by atoms with Crippen molar-refractivity contribution in [2.45, 2.75) is 38.1 Å². The standard InChI is InChI=1S/C20H20F4N2O3S/c1-2-9-26-18(27)8-5-14-10-16(11-17(21)19(14)26)25-30(28,29)12-13-3-6-15(7-4-13)20(22,23)24/h3-4,6-7,10-11,25H,2,5,8-9,12H2,1H3. The summed E-state index contributed by atoms with van der Waals surface area (Å²) in [6.45, 7) is 2.23. The number of nitrogens with zero attached hydrogens (tertiary/aromatic N) is 1. The van der Waals surface area contributed by atoms with Crippen LogP contribution in [-0.2, 0) is 33.2 Å². The highest BCUT2D eigenvalue weighted by Crippen LogP contribution is 2.34. The maximum Gasteiger partial charge on any atom is 0.416 e. The van der Waals surface area contributed by atoms with E-state index in [1.807, 2.05) is 6.92 Å². The van der Waals surface area contributed by atoms with Crippen molar-refractivity contribution < 1.29 is 30.8 Å². The van der Waals surface area contributed by atoms with Crippen LogP contribution in [0.15, 0.2) is 36.4 Å². The highest BCUT2D eigenvalue weighted by atomic mass is 32.2. The fourth-order valence-electron chi connectivity index (χ4n) is 3.39. The molecule has 0 bridgehead atoms. The molecule has 0 unspecified atom stereocenters. The van der Waals surface area contributed by atoms with Gasteiger partial charge in [0.25, 0.3) is 0 Å². The molecular formula is C20H20F4N2O3S. The highest BCUT2D eigenvalue weighted by Gasteiger charge is 2.30. The predicted molar refractivity (Wildman–Crippen MR) is 105 cm³/mol. The second-order valence-electron chi connectivity index (χ2n) is 7.07. The minimum absolute atomic E-state index is 0.00367. The van der Waals surface area contributed by atoms with E-state index in [0.29, 0.717) is 24.9 Å². The van der Waals surface area contributed by atoms with Crippen LogP contribution < -0.4 is 9.62 Å². The number of nitrogens with one attached hydrogen (secondary N) is 1. The highest BCUT2D eigenvalue weighted by molar-refractivity contribution is 7.91. The Kier molecular flexibility index (Phi) is 6.07.